The van der Waals surface area contributed by atoms with E-state index in [9.17, 15) is 4.79 Å². The van der Waals surface area contributed by atoms with Crippen LogP contribution >= 0.6 is 0 Å². The van der Waals surface area contributed by atoms with Crippen LogP contribution in [0.1, 0.15) is 19.8 Å². The lowest BCUT2D eigenvalue weighted by Gasteiger charge is -2.24. The molecular weight excluding hydrogens is 370 g/mol. The predicted molar refractivity (Wildman–Crippen MR) is 110 cm³/mol. The van der Waals surface area contributed by atoms with Gasteiger partial charge < -0.3 is 19.7 Å². The molecule has 1 amide bonds. The number of carbonyl (C=O) groups excluding carboxylic acids is 1. The Morgan fingerprint density at radius 3 is 2.97 bits per heavy atom. The molecule has 0 saturated carbocycles. The van der Waals surface area contributed by atoms with Crippen molar-refractivity contribution in [1.82, 2.24) is 19.5 Å². The Kier molecular flexibility index (Phi) is 5.50. The number of hydrogen-bond acceptors (Lipinski definition) is 6. The molecule has 2 aromatic heterocycles. The normalized spacial score (nSPS) is 16.2. The molecule has 1 aliphatic rings. The van der Waals surface area contributed by atoms with Gasteiger partial charge in [0.2, 0.25) is 0 Å². The predicted octanol–water partition coefficient (Wildman–Crippen LogP) is 3.44. The van der Waals surface area contributed by atoms with Crippen molar-refractivity contribution in [2.75, 3.05) is 32.1 Å². The number of nitrogens with zero attached hydrogens (tertiary/aromatic N) is 4. The monoisotopic (exact) mass is 395 g/mol. The number of nitrogens with one attached hydrogen (secondary N) is 1. The van der Waals surface area contributed by atoms with Crippen LogP contribution in [0.3, 0.4) is 0 Å². The minimum Gasteiger partial charge on any atom is -0.496 e. The van der Waals surface area contributed by atoms with E-state index in [2.05, 4.69) is 10.3 Å². The van der Waals surface area contributed by atoms with Crippen LogP contribution in [0, 0.1) is 0 Å². The van der Waals surface area contributed by atoms with Crippen LogP contribution in [-0.2, 0) is 4.74 Å². The largest absolute Gasteiger partial charge is 0.496 e. The molecule has 1 aromatic carbocycles. The van der Waals surface area contributed by atoms with Crippen LogP contribution in [0.4, 0.5) is 10.6 Å². The minimum absolute atomic E-state index is 0.100. The maximum atomic E-state index is 12.1. The van der Waals surface area contributed by atoms with Crippen LogP contribution in [0.15, 0.2) is 42.6 Å². The number of ether oxygens (including phenoxy) is 2. The number of aromatic nitrogens is 3. The first kappa shape index (κ1) is 19.0. The van der Waals surface area contributed by atoms with E-state index in [1.807, 2.05) is 43.3 Å². The number of amides is 1. The number of para-hydroxylation sites is 1. The van der Waals surface area contributed by atoms with E-state index in [1.165, 1.54) is 0 Å². The van der Waals surface area contributed by atoms with Gasteiger partial charge in [0.15, 0.2) is 5.65 Å². The fourth-order valence-corrected chi connectivity index (χ4v) is 3.72. The summed E-state index contributed by atoms with van der Waals surface area (Å²) in [6, 6.07) is 11.7. The van der Waals surface area contributed by atoms with Crippen molar-refractivity contribution >= 4 is 17.6 Å². The molecule has 3 heterocycles. The molecule has 1 fully saturated rings. The van der Waals surface area contributed by atoms with E-state index in [0.29, 0.717) is 13.2 Å². The molecule has 152 valence electrons. The molecule has 4 rings (SSSR count). The first-order valence-electron chi connectivity index (χ1n) is 9.86. The van der Waals surface area contributed by atoms with Crippen molar-refractivity contribution in [3.8, 4) is 17.0 Å². The van der Waals surface area contributed by atoms with E-state index in [1.54, 1.807) is 22.7 Å². The molecule has 0 aliphatic carbocycles. The van der Waals surface area contributed by atoms with Gasteiger partial charge in [-0.2, -0.15) is 0 Å². The maximum absolute atomic E-state index is 12.1. The topological polar surface area (TPSA) is 81.0 Å². The Morgan fingerprint density at radius 2 is 2.14 bits per heavy atom. The summed E-state index contributed by atoms with van der Waals surface area (Å²) in [5.74, 6) is 1.49. The summed E-state index contributed by atoms with van der Waals surface area (Å²) in [6.45, 7) is 3.57. The molecule has 0 bridgehead atoms. The van der Waals surface area contributed by atoms with Crippen molar-refractivity contribution < 1.29 is 14.3 Å². The molecule has 29 heavy (non-hydrogen) atoms. The van der Waals surface area contributed by atoms with Crippen LogP contribution in [0.2, 0.25) is 0 Å². The van der Waals surface area contributed by atoms with Crippen LogP contribution < -0.4 is 10.1 Å². The maximum Gasteiger partial charge on any atom is 0.410 e. The summed E-state index contributed by atoms with van der Waals surface area (Å²) in [5, 5.41) is 8.07. The molecular formula is C21H25N5O3. The minimum atomic E-state index is -0.242. The van der Waals surface area contributed by atoms with Crippen molar-refractivity contribution in [3.05, 3.63) is 42.6 Å². The average molecular weight is 395 g/mol. The van der Waals surface area contributed by atoms with Gasteiger partial charge in [-0.25, -0.2) is 14.3 Å². The second-order valence-corrected chi connectivity index (χ2v) is 6.90. The molecule has 1 N–H and O–H groups in total. The SMILES string of the molecule is CCOC(=O)N1CCC[C@H]1CNc1ccc2ncc(-c3ccccc3OC)n2n1. The summed E-state index contributed by atoms with van der Waals surface area (Å²) in [5.41, 5.74) is 2.54. The summed E-state index contributed by atoms with van der Waals surface area (Å²) in [4.78, 5) is 18.4. The summed E-state index contributed by atoms with van der Waals surface area (Å²) < 4.78 is 12.4. The van der Waals surface area contributed by atoms with Crippen LogP contribution in [0.25, 0.3) is 16.9 Å². The van der Waals surface area contributed by atoms with Gasteiger partial charge >= 0.3 is 6.09 Å². The Hall–Kier alpha value is -3.29. The number of likely N-dealkylation sites (tertiary alicyclic amines) is 1. The number of hydrogen-bond donors (Lipinski definition) is 1. The number of imidazole rings is 1. The molecule has 0 radical (unpaired) electrons. The molecule has 0 unspecified atom stereocenters. The second kappa shape index (κ2) is 8.38. The number of anilines is 1. The highest BCUT2D eigenvalue weighted by Gasteiger charge is 2.29. The quantitative estimate of drug-likeness (QED) is 0.689. The summed E-state index contributed by atoms with van der Waals surface area (Å²) in [7, 11) is 1.65. The van der Waals surface area contributed by atoms with Gasteiger partial charge in [0, 0.05) is 18.7 Å². The van der Waals surface area contributed by atoms with Crippen molar-refractivity contribution in [2.45, 2.75) is 25.8 Å². The van der Waals surface area contributed by atoms with Gasteiger partial charge in [0.25, 0.3) is 0 Å². The van der Waals surface area contributed by atoms with E-state index >= 15 is 0 Å². The first-order chi connectivity index (χ1) is 14.2. The standard InChI is InChI=1S/C21H25N5O3/c1-3-29-21(27)25-12-6-7-15(25)13-22-19-10-11-20-23-14-17(26(20)24-19)16-8-4-5-9-18(16)28-2/h4-5,8-11,14-15H,3,6-7,12-13H2,1-2H3,(H,22,24)/t15-/m0/s1. The fourth-order valence-electron chi connectivity index (χ4n) is 3.72. The molecule has 0 spiro atoms. The van der Waals surface area contributed by atoms with Gasteiger partial charge in [-0.3, -0.25) is 0 Å². The highest BCUT2D eigenvalue weighted by molar-refractivity contribution is 5.70. The van der Waals surface area contributed by atoms with Gasteiger partial charge in [0.05, 0.1) is 31.6 Å². The molecule has 8 nitrogen and oxygen atoms in total. The Labute approximate surface area is 169 Å². The van der Waals surface area contributed by atoms with Gasteiger partial charge in [-0.05, 0) is 44.0 Å². The lowest BCUT2D eigenvalue weighted by Crippen LogP contribution is -2.40. The zero-order valence-corrected chi connectivity index (χ0v) is 16.7. The lowest BCUT2D eigenvalue weighted by atomic mass is 10.1. The Morgan fingerprint density at radius 1 is 1.28 bits per heavy atom. The zero-order valence-electron chi connectivity index (χ0n) is 16.7. The third-order valence-electron chi connectivity index (χ3n) is 5.14. The number of rotatable bonds is 6. The molecule has 1 saturated heterocycles. The third-order valence-corrected chi connectivity index (χ3v) is 5.14. The van der Waals surface area contributed by atoms with E-state index in [0.717, 1.165) is 47.9 Å². The Balaban J connectivity index is 1.54. The van der Waals surface area contributed by atoms with Gasteiger partial charge in [-0.15, -0.1) is 5.10 Å². The Bertz CT molecular complexity index is 1000. The highest BCUT2D eigenvalue weighted by Crippen LogP contribution is 2.30. The summed E-state index contributed by atoms with van der Waals surface area (Å²) in [6.07, 6.45) is 3.49. The van der Waals surface area contributed by atoms with E-state index in [-0.39, 0.29) is 12.1 Å². The smallest absolute Gasteiger partial charge is 0.410 e. The third kappa shape index (κ3) is 3.83. The van der Waals surface area contributed by atoms with E-state index < -0.39 is 0 Å². The van der Waals surface area contributed by atoms with Crippen molar-refractivity contribution in [2.24, 2.45) is 0 Å². The summed E-state index contributed by atoms with van der Waals surface area (Å²) >= 11 is 0. The molecule has 8 heteroatoms. The lowest BCUT2D eigenvalue weighted by molar-refractivity contribution is 0.104. The molecule has 3 aromatic rings. The zero-order chi connectivity index (χ0) is 20.2. The second-order valence-electron chi connectivity index (χ2n) is 6.90. The number of benzene rings is 1. The number of methoxy groups -OCH3 is 1. The van der Waals surface area contributed by atoms with E-state index in [4.69, 9.17) is 14.6 Å². The molecule has 1 aliphatic heterocycles. The fraction of sp³-hybridized carbons (Fsp3) is 0.381. The molecule has 1 atom stereocenters. The first-order valence-corrected chi connectivity index (χ1v) is 9.86. The van der Waals surface area contributed by atoms with Crippen molar-refractivity contribution in [1.29, 1.82) is 0 Å². The van der Waals surface area contributed by atoms with Gasteiger partial charge in [-0.1, -0.05) is 12.1 Å². The van der Waals surface area contributed by atoms with Crippen molar-refractivity contribution in [3.63, 3.8) is 0 Å². The van der Waals surface area contributed by atoms with Gasteiger partial charge in [0.1, 0.15) is 11.6 Å². The highest BCUT2D eigenvalue weighted by atomic mass is 16.6. The average Bonchev–Trinajstić information content (AvgIpc) is 3.39. The number of fused-ring (bicyclic) bond motifs is 1. The number of carbonyl (C=O) groups is 1. The van der Waals surface area contributed by atoms with Crippen LogP contribution in [-0.4, -0.2) is 58.4 Å². The van der Waals surface area contributed by atoms with Crippen LogP contribution in [0.5, 0.6) is 5.75 Å².